The predicted octanol–water partition coefficient (Wildman–Crippen LogP) is 4.33. The van der Waals surface area contributed by atoms with Crippen molar-refractivity contribution in [2.24, 2.45) is 0 Å². The Hall–Kier alpha value is -4.99. The van der Waals surface area contributed by atoms with Crippen LogP contribution in [0.5, 0.6) is 0 Å². The predicted molar refractivity (Wildman–Crippen MR) is 138 cm³/mol. The number of fused-ring (bicyclic) bond motifs is 1. The van der Waals surface area contributed by atoms with Gasteiger partial charge in [0.15, 0.2) is 0 Å². The van der Waals surface area contributed by atoms with Crippen LogP contribution in [0.1, 0.15) is 0 Å². The minimum Gasteiger partial charge on any atom is -0.465 e. The largest absolute Gasteiger partial charge is 0.465 e. The van der Waals surface area contributed by atoms with Crippen molar-refractivity contribution in [1.29, 1.82) is 0 Å². The van der Waals surface area contributed by atoms with E-state index >= 15 is 0 Å². The van der Waals surface area contributed by atoms with Crippen molar-refractivity contribution in [3.05, 3.63) is 79.6 Å². The fourth-order valence-corrected chi connectivity index (χ4v) is 3.91. The summed E-state index contributed by atoms with van der Waals surface area (Å²) in [5.74, 6) is 0.137. The summed E-state index contributed by atoms with van der Waals surface area (Å²) in [6, 6.07) is 17.0. The van der Waals surface area contributed by atoms with Crippen LogP contribution in [-0.2, 0) is 4.79 Å². The second-order valence-electron chi connectivity index (χ2n) is 8.29. The Labute approximate surface area is 206 Å². The van der Waals surface area contributed by atoms with Gasteiger partial charge in [0, 0.05) is 53.5 Å². The zero-order valence-electron chi connectivity index (χ0n) is 19.2. The zero-order valence-corrected chi connectivity index (χ0v) is 19.2. The molecule has 0 unspecified atom stereocenters. The first-order valence-corrected chi connectivity index (χ1v) is 11.3. The highest BCUT2D eigenvalue weighted by Gasteiger charge is 2.30. The van der Waals surface area contributed by atoms with Crippen LogP contribution in [-0.4, -0.2) is 56.1 Å². The highest BCUT2D eigenvalue weighted by atomic mass is 16.4. The molecule has 1 saturated heterocycles. The lowest BCUT2D eigenvalue weighted by atomic mass is 10.1. The molecule has 2 amide bonds. The molecule has 2 aromatic carbocycles. The number of benzene rings is 2. The van der Waals surface area contributed by atoms with Crippen molar-refractivity contribution < 1.29 is 14.7 Å². The average Bonchev–Trinajstić information content (AvgIpc) is 2.86. The van der Waals surface area contributed by atoms with E-state index in [0.29, 0.717) is 30.4 Å². The summed E-state index contributed by atoms with van der Waals surface area (Å²) in [6.45, 7) is 4.42. The van der Waals surface area contributed by atoms with Crippen molar-refractivity contribution >= 4 is 45.9 Å². The molecule has 2 aromatic heterocycles. The maximum Gasteiger partial charge on any atom is 0.407 e. The summed E-state index contributed by atoms with van der Waals surface area (Å²) in [5, 5.41) is 19.1. The van der Waals surface area contributed by atoms with Crippen molar-refractivity contribution in [2.45, 2.75) is 6.04 Å². The van der Waals surface area contributed by atoms with Crippen molar-refractivity contribution in [3.63, 3.8) is 0 Å². The summed E-state index contributed by atoms with van der Waals surface area (Å²) >= 11 is 0. The van der Waals surface area contributed by atoms with E-state index in [1.54, 1.807) is 24.5 Å². The van der Waals surface area contributed by atoms with E-state index < -0.39 is 6.09 Å². The number of amides is 2. The second-order valence-corrected chi connectivity index (χ2v) is 8.29. The molecule has 1 aliphatic rings. The Balaban J connectivity index is 1.33. The monoisotopic (exact) mass is 481 g/mol. The van der Waals surface area contributed by atoms with Crippen LogP contribution in [0.15, 0.2) is 79.6 Å². The van der Waals surface area contributed by atoms with Crippen LogP contribution in [0.2, 0.25) is 0 Å². The molecule has 1 aliphatic heterocycles. The number of carboxylic acid groups (broad SMARTS) is 1. The molecule has 4 N–H and O–H groups in total. The normalized spacial score (nSPS) is 13.1. The number of carbonyl (C=O) groups is 2. The lowest BCUT2D eigenvalue weighted by Crippen LogP contribution is -2.56. The molecule has 0 atom stereocenters. The summed E-state index contributed by atoms with van der Waals surface area (Å²) in [7, 11) is 0. The molecule has 36 heavy (non-hydrogen) atoms. The van der Waals surface area contributed by atoms with Crippen molar-refractivity contribution in [2.75, 3.05) is 29.0 Å². The zero-order chi connectivity index (χ0) is 25.1. The number of pyridine rings is 1. The van der Waals surface area contributed by atoms with Crippen LogP contribution in [0.3, 0.4) is 0 Å². The van der Waals surface area contributed by atoms with Gasteiger partial charge in [-0.3, -0.25) is 9.78 Å². The molecule has 5 rings (SSSR count). The van der Waals surface area contributed by atoms with Gasteiger partial charge in [-0.25, -0.2) is 14.8 Å². The molecular formula is C26H23N7O3. The van der Waals surface area contributed by atoms with Gasteiger partial charge >= 0.3 is 6.09 Å². The maximum atomic E-state index is 11.7. The summed E-state index contributed by atoms with van der Waals surface area (Å²) in [4.78, 5) is 37.6. The Bertz CT molecular complexity index is 1450. The molecule has 10 nitrogen and oxygen atoms in total. The van der Waals surface area contributed by atoms with E-state index in [2.05, 4.69) is 32.5 Å². The minimum absolute atomic E-state index is 0.111. The number of aromatic nitrogens is 3. The van der Waals surface area contributed by atoms with Gasteiger partial charge in [0.2, 0.25) is 11.9 Å². The molecule has 0 spiro atoms. The van der Waals surface area contributed by atoms with Crippen molar-refractivity contribution in [1.82, 2.24) is 19.9 Å². The van der Waals surface area contributed by atoms with Crippen LogP contribution in [0.25, 0.3) is 22.2 Å². The van der Waals surface area contributed by atoms with E-state index in [1.807, 2.05) is 42.5 Å². The lowest BCUT2D eigenvalue weighted by molar-refractivity contribution is -0.111. The summed E-state index contributed by atoms with van der Waals surface area (Å²) < 4.78 is 0. The van der Waals surface area contributed by atoms with E-state index in [0.717, 1.165) is 27.8 Å². The topological polar surface area (TPSA) is 132 Å². The first-order chi connectivity index (χ1) is 17.5. The SMILES string of the molecule is C=CC(=O)Nc1ccnc(-c2cccc3cnc(Nc4ccc(NC5CN(C(=O)O)C5)cc4)nc23)c1. The number of hydrogen-bond donors (Lipinski definition) is 4. The first-order valence-electron chi connectivity index (χ1n) is 11.3. The number of nitrogens with one attached hydrogen (secondary N) is 3. The maximum absolute atomic E-state index is 11.7. The molecule has 3 heterocycles. The molecular weight excluding hydrogens is 458 g/mol. The standard InChI is InChI=1S/C26H23N7O3/c1-2-23(34)30-19-10-11-27-22(12-19)21-5-3-4-16-13-28-25(32-24(16)21)31-18-8-6-17(7-9-18)29-20-14-33(15-20)26(35)36/h2-13,20,29H,1,14-15H2,(H,35,36)(H,27,30,34)(H,28,31,32). The number of rotatable bonds is 7. The van der Waals surface area contributed by atoms with Gasteiger partial charge in [-0.05, 0) is 42.5 Å². The van der Waals surface area contributed by atoms with E-state index in [1.165, 1.54) is 11.0 Å². The van der Waals surface area contributed by atoms with Crippen LogP contribution < -0.4 is 16.0 Å². The molecule has 10 heteroatoms. The van der Waals surface area contributed by atoms with Crippen molar-refractivity contribution in [3.8, 4) is 11.3 Å². The third kappa shape index (κ3) is 4.92. The van der Waals surface area contributed by atoms with E-state index in [4.69, 9.17) is 10.1 Å². The van der Waals surface area contributed by atoms with Crippen LogP contribution in [0, 0.1) is 0 Å². The minimum atomic E-state index is -0.894. The summed E-state index contributed by atoms with van der Waals surface area (Å²) in [6.07, 6.45) is 3.70. The Morgan fingerprint density at radius 1 is 1.03 bits per heavy atom. The quantitative estimate of drug-likeness (QED) is 0.287. The number of para-hydroxylation sites is 1. The number of carbonyl (C=O) groups excluding carboxylic acids is 1. The Kier molecular flexibility index (Phi) is 6.14. The molecule has 1 fully saturated rings. The number of anilines is 4. The average molecular weight is 482 g/mol. The molecule has 0 bridgehead atoms. The lowest BCUT2D eigenvalue weighted by Gasteiger charge is -2.37. The van der Waals surface area contributed by atoms with Gasteiger partial charge in [-0.1, -0.05) is 24.8 Å². The number of likely N-dealkylation sites (tertiary alicyclic amines) is 1. The molecule has 180 valence electrons. The molecule has 0 saturated carbocycles. The van der Waals surface area contributed by atoms with Gasteiger partial charge in [-0.15, -0.1) is 0 Å². The van der Waals surface area contributed by atoms with Gasteiger partial charge in [0.1, 0.15) is 0 Å². The van der Waals surface area contributed by atoms with Crippen LogP contribution >= 0.6 is 0 Å². The van der Waals surface area contributed by atoms with E-state index in [9.17, 15) is 9.59 Å². The fraction of sp³-hybridized carbons (Fsp3) is 0.115. The highest BCUT2D eigenvalue weighted by molar-refractivity contribution is 5.99. The van der Waals surface area contributed by atoms with Gasteiger partial charge in [-0.2, -0.15) is 0 Å². The van der Waals surface area contributed by atoms with Gasteiger partial charge in [0.25, 0.3) is 0 Å². The summed E-state index contributed by atoms with van der Waals surface area (Å²) in [5.41, 5.74) is 4.53. The Morgan fingerprint density at radius 2 is 1.81 bits per heavy atom. The molecule has 4 aromatic rings. The van der Waals surface area contributed by atoms with E-state index in [-0.39, 0.29) is 11.9 Å². The van der Waals surface area contributed by atoms with Crippen LogP contribution in [0.4, 0.5) is 27.8 Å². The highest BCUT2D eigenvalue weighted by Crippen LogP contribution is 2.28. The third-order valence-electron chi connectivity index (χ3n) is 5.76. The Morgan fingerprint density at radius 3 is 2.56 bits per heavy atom. The molecule has 0 aliphatic carbocycles. The third-order valence-corrected chi connectivity index (χ3v) is 5.76. The second kappa shape index (κ2) is 9.71. The number of nitrogens with zero attached hydrogens (tertiary/aromatic N) is 4. The fourth-order valence-electron chi connectivity index (χ4n) is 3.91. The number of hydrogen-bond acceptors (Lipinski definition) is 7. The molecule has 0 radical (unpaired) electrons. The van der Waals surface area contributed by atoms with Gasteiger partial charge < -0.3 is 26.0 Å². The van der Waals surface area contributed by atoms with Gasteiger partial charge in [0.05, 0.1) is 17.3 Å². The first kappa shape index (κ1) is 22.8. The smallest absolute Gasteiger partial charge is 0.407 e.